The Kier molecular flexibility index (Phi) is 4.27. The van der Waals surface area contributed by atoms with E-state index in [4.69, 9.17) is 4.52 Å². The van der Waals surface area contributed by atoms with Gasteiger partial charge in [-0.05, 0) is 51.0 Å². The Balaban J connectivity index is 1.57. The van der Waals surface area contributed by atoms with Crippen molar-refractivity contribution in [1.29, 1.82) is 0 Å². The van der Waals surface area contributed by atoms with Crippen molar-refractivity contribution < 1.29 is 9.32 Å². The van der Waals surface area contributed by atoms with Crippen LogP contribution in [0.4, 0.5) is 0 Å². The molecule has 0 aliphatic heterocycles. The van der Waals surface area contributed by atoms with Gasteiger partial charge < -0.3 is 9.84 Å². The summed E-state index contributed by atoms with van der Waals surface area (Å²) in [6.07, 6.45) is 4.29. The topological polar surface area (TPSA) is 55.1 Å². The third-order valence-corrected chi connectivity index (χ3v) is 4.59. The summed E-state index contributed by atoms with van der Waals surface area (Å²) in [5, 5.41) is 6.98. The number of carbonyl (C=O) groups excluding carboxylic acids is 1. The minimum Gasteiger partial charge on any atom is -0.361 e. The van der Waals surface area contributed by atoms with Crippen molar-refractivity contribution in [1.82, 2.24) is 10.5 Å². The molecule has 1 aromatic heterocycles. The summed E-state index contributed by atoms with van der Waals surface area (Å²) in [5.74, 6) is 1.15. The molecule has 0 radical (unpaired) electrons. The average Bonchev–Trinajstić information content (AvgIpc) is 2.88. The van der Waals surface area contributed by atoms with Gasteiger partial charge in [0.1, 0.15) is 11.3 Å². The highest BCUT2D eigenvalue weighted by atomic mass is 16.5. The number of benzene rings is 1. The quantitative estimate of drug-likeness (QED) is 0.939. The monoisotopic (exact) mass is 298 g/mol. The second kappa shape index (κ2) is 6.34. The molecule has 4 heteroatoms. The summed E-state index contributed by atoms with van der Waals surface area (Å²) in [7, 11) is 0. The third kappa shape index (κ3) is 3.06. The van der Waals surface area contributed by atoms with Crippen LogP contribution in [0.5, 0.6) is 0 Å². The maximum Gasteiger partial charge on any atom is 0.257 e. The van der Waals surface area contributed by atoms with E-state index in [0.717, 1.165) is 25.7 Å². The van der Waals surface area contributed by atoms with Gasteiger partial charge in [0.15, 0.2) is 0 Å². The fourth-order valence-corrected chi connectivity index (χ4v) is 3.36. The molecule has 1 N–H and O–H groups in total. The van der Waals surface area contributed by atoms with Gasteiger partial charge in [-0.25, -0.2) is 0 Å². The van der Waals surface area contributed by atoms with Crippen LogP contribution in [-0.4, -0.2) is 17.1 Å². The molecule has 1 amide bonds. The lowest BCUT2D eigenvalue weighted by molar-refractivity contribution is 0.0923. The van der Waals surface area contributed by atoms with Crippen molar-refractivity contribution in [3.63, 3.8) is 0 Å². The molecule has 0 bridgehead atoms. The van der Waals surface area contributed by atoms with Gasteiger partial charge in [0.05, 0.1) is 5.69 Å². The van der Waals surface area contributed by atoms with Crippen LogP contribution < -0.4 is 5.32 Å². The van der Waals surface area contributed by atoms with Crippen LogP contribution in [0.25, 0.3) is 0 Å². The van der Waals surface area contributed by atoms with Crippen molar-refractivity contribution in [2.24, 2.45) is 0 Å². The molecule has 3 rings (SSSR count). The Morgan fingerprint density at radius 1 is 1.14 bits per heavy atom. The molecular weight excluding hydrogens is 276 g/mol. The van der Waals surface area contributed by atoms with Crippen molar-refractivity contribution in [2.45, 2.75) is 51.5 Å². The number of hydrogen-bond donors (Lipinski definition) is 1. The first kappa shape index (κ1) is 14.8. The van der Waals surface area contributed by atoms with Crippen LogP contribution in [-0.2, 0) is 0 Å². The fraction of sp³-hybridized carbons (Fsp3) is 0.444. The van der Waals surface area contributed by atoms with Crippen molar-refractivity contribution in [3.05, 3.63) is 52.9 Å². The van der Waals surface area contributed by atoms with Crippen LogP contribution in [0.15, 0.2) is 34.9 Å². The first-order valence-electron chi connectivity index (χ1n) is 7.94. The second-order valence-electron chi connectivity index (χ2n) is 6.13. The molecule has 1 fully saturated rings. The molecule has 1 saturated carbocycles. The van der Waals surface area contributed by atoms with E-state index in [1.807, 2.05) is 0 Å². The van der Waals surface area contributed by atoms with E-state index in [1.54, 1.807) is 13.8 Å². The fourth-order valence-electron chi connectivity index (χ4n) is 3.36. The molecule has 4 nitrogen and oxygen atoms in total. The van der Waals surface area contributed by atoms with Crippen LogP contribution in [0.1, 0.15) is 59.0 Å². The maximum absolute atomic E-state index is 12.4. The number of amides is 1. The smallest absolute Gasteiger partial charge is 0.257 e. The lowest BCUT2D eigenvalue weighted by atomic mass is 9.81. The highest BCUT2D eigenvalue weighted by Crippen LogP contribution is 2.32. The van der Waals surface area contributed by atoms with Crippen LogP contribution in [0.3, 0.4) is 0 Å². The number of nitrogens with one attached hydrogen (secondary N) is 1. The zero-order valence-electron chi connectivity index (χ0n) is 13.1. The van der Waals surface area contributed by atoms with E-state index in [1.165, 1.54) is 5.56 Å². The highest BCUT2D eigenvalue weighted by molar-refractivity contribution is 5.96. The minimum absolute atomic E-state index is 0.0561. The second-order valence-corrected chi connectivity index (χ2v) is 6.13. The number of nitrogens with zero attached hydrogens (tertiary/aromatic N) is 1. The molecule has 0 atom stereocenters. The van der Waals surface area contributed by atoms with Crippen molar-refractivity contribution in [3.8, 4) is 0 Å². The molecule has 1 aliphatic rings. The predicted molar refractivity (Wildman–Crippen MR) is 84.9 cm³/mol. The molecule has 0 saturated heterocycles. The number of aromatic nitrogens is 1. The molecule has 116 valence electrons. The van der Waals surface area contributed by atoms with Gasteiger partial charge in [-0.2, -0.15) is 0 Å². The lowest BCUT2D eigenvalue weighted by Gasteiger charge is -2.29. The van der Waals surface area contributed by atoms with E-state index in [9.17, 15) is 4.79 Å². The summed E-state index contributed by atoms with van der Waals surface area (Å²) in [5.41, 5.74) is 2.66. The number of rotatable bonds is 3. The highest BCUT2D eigenvalue weighted by Gasteiger charge is 2.25. The normalized spacial score (nSPS) is 21.5. The number of carbonyl (C=O) groups is 1. The van der Waals surface area contributed by atoms with Gasteiger partial charge >= 0.3 is 0 Å². The van der Waals surface area contributed by atoms with Gasteiger partial charge in [0.25, 0.3) is 5.91 Å². The zero-order chi connectivity index (χ0) is 15.5. The molecule has 1 heterocycles. The van der Waals surface area contributed by atoms with Gasteiger partial charge in [-0.3, -0.25) is 4.79 Å². The predicted octanol–water partition coefficient (Wildman–Crippen LogP) is 3.75. The maximum atomic E-state index is 12.4. The molecular formula is C18H22N2O2. The zero-order valence-corrected chi connectivity index (χ0v) is 13.1. The van der Waals surface area contributed by atoms with Gasteiger partial charge in [-0.1, -0.05) is 35.5 Å². The molecule has 0 unspecified atom stereocenters. The van der Waals surface area contributed by atoms with E-state index in [2.05, 4.69) is 40.8 Å². The van der Waals surface area contributed by atoms with Crippen LogP contribution in [0, 0.1) is 13.8 Å². The number of aryl methyl sites for hydroxylation is 2. The first-order chi connectivity index (χ1) is 10.6. The number of hydrogen-bond acceptors (Lipinski definition) is 3. The molecule has 22 heavy (non-hydrogen) atoms. The Bertz CT molecular complexity index is 621. The van der Waals surface area contributed by atoms with Gasteiger partial charge in [-0.15, -0.1) is 0 Å². The average molecular weight is 298 g/mol. The first-order valence-corrected chi connectivity index (χ1v) is 7.94. The summed E-state index contributed by atoms with van der Waals surface area (Å²) in [6.45, 7) is 3.58. The summed E-state index contributed by atoms with van der Waals surface area (Å²) >= 11 is 0. The van der Waals surface area contributed by atoms with E-state index in [0.29, 0.717) is 22.9 Å². The standard InChI is InChI=1S/C18H22N2O2/c1-12-17(13(2)22-20-12)18(21)19-16-10-8-15(9-11-16)14-6-4-3-5-7-14/h3-7,15-16H,8-11H2,1-2H3,(H,19,21). The minimum atomic E-state index is -0.0561. The Labute approximate surface area is 130 Å². The Morgan fingerprint density at radius 2 is 1.82 bits per heavy atom. The summed E-state index contributed by atoms with van der Waals surface area (Å²) in [6, 6.07) is 10.9. The Hall–Kier alpha value is -2.10. The van der Waals surface area contributed by atoms with E-state index >= 15 is 0 Å². The Morgan fingerprint density at radius 3 is 2.41 bits per heavy atom. The molecule has 2 aromatic rings. The largest absolute Gasteiger partial charge is 0.361 e. The summed E-state index contributed by atoms with van der Waals surface area (Å²) < 4.78 is 5.07. The summed E-state index contributed by atoms with van der Waals surface area (Å²) in [4.78, 5) is 12.4. The van der Waals surface area contributed by atoms with Gasteiger partial charge in [0.2, 0.25) is 0 Å². The van der Waals surface area contributed by atoms with Crippen LogP contribution in [0.2, 0.25) is 0 Å². The van der Waals surface area contributed by atoms with Gasteiger partial charge in [0, 0.05) is 6.04 Å². The molecule has 0 spiro atoms. The van der Waals surface area contributed by atoms with Crippen molar-refractivity contribution in [2.75, 3.05) is 0 Å². The van der Waals surface area contributed by atoms with E-state index < -0.39 is 0 Å². The molecule has 1 aliphatic carbocycles. The molecule has 1 aromatic carbocycles. The van der Waals surface area contributed by atoms with Crippen molar-refractivity contribution >= 4 is 5.91 Å². The van der Waals surface area contributed by atoms with E-state index in [-0.39, 0.29) is 11.9 Å². The SMILES string of the molecule is Cc1noc(C)c1C(=O)NC1CCC(c2ccccc2)CC1. The third-order valence-electron chi connectivity index (χ3n) is 4.59. The van der Waals surface area contributed by atoms with Crippen LogP contribution >= 0.6 is 0 Å². The lowest BCUT2D eigenvalue weighted by Crippen LogP contribution is -2.37.